The molecule has 2 atom stereocenters. The van der Waals surface area contributed by atoms with Gasteiger partial charge in [0.2, 0.25) is 0 Å². The van der Waals surface area contributed by atoms with Gasteiger partial charge in [0, 0.05) is 0 Å². The van der Waals surface area contributed by atoms with Crippen molar-refractivity contribution in [2.24, 2.45) is 5.92 Å². The largest absolute Gasteiger partial charge is 1.00 e. The molecular formula is C7H12K2N2O2S2. The molecule has 0 aromatic heterocycles. The van der Waals surface area contributed by atoms with Crippen LogP contribution >= 0.6 is 12.2 Å². The molecule has 0 saturated heterocycles. The maximum atomic E-state index is 10.6. The average Bonchev–Trinajstić information content (AvgIpc) is 2.03. The second-order valence-electron chi connectivity index (χ2n) is 2.74. The predicted octanol–water partition coefficient (Wildman–Crippen LogP) is -6.92. The van der Waals surface area contributed by atoms with Crippen LogP contribution in [0.15, 0.2) is 0 Å². The number of thiocarbonyl (C=S) groups is 1. The van der Waals surface area contributed by atoms with E-state index in [1.54, 1.807) is 0 Å². The summed E-state index contributed by atoms with van der Waals surface area (Å²) in [5, 5.41) is 10.6. The Bertz CT molecular complexity index is 207. The number of rotatable bonds is 5. The second kappa shape index (κ2) is 13.2. The van der Waals surface area contributed by atoms with E-state index in [0.717, 1.165) is 6.42 Å². The Morgan fingerprint density at radius 3 is 2.27 bits per heavy atom. The van der Waals surface area contributed by atoms with Crippen LogP contribution in [0.2, 0.25) is 0 Å². The number of carboxylic acid groups (broad SMARTS) is 1. The van der Waals surface area contributed by atoms with Crippen LogP contribution in [-0.2, 0) is 17.4 Å². The van der Waals surface area contributed by atoms with Gasteiger partial charge in [0.1, 0.15) is 0 Å². The molecule has 0 spiro atoms. The Morgan fingerprint density at radius 1 is 1.53 bits per heavy atom. The molecule has 2 N–H and O–H groups in total. The van der Waals surface area contributed by atoms with Gasteiger partial charge in [0.15, 0.2) is 0 Å². The van der Waals surface area contributed by atoms with Crippen molar-refractivity contribution >= 4 is 35.1 Å². The van der Waals surface area contributed by atoms with Crippen molar-refractivity contribution in [3.05, 3.63) is 0 Å². The van der Waals surface area contributed by atoms with E-state index in [1.165, 1.54) is 0 Å². The summed E-state index contributed by atoms with van der Waals surface area (Å²) in [4.78, 5) is 10.6. The van der Waals surface area contributed by atoms with Gasteiger partial charge in [-0.1, -0.05) is 20.3 Å². The van der Waals surface area contributed by atoms with Crippen molar-refractivity contribution in [1.82, 2.24) is 10.9 Å². The third-order valence-corrected chi connectivity index (χ3v) is 2.00. The van der Waals surface area contributed by atoms with E-state index in [4.69, 9.17) is 0 Å². The molecule has 0 heterocycles. The minimum atomic E-state index is -1.16. The standard InChI is InChI=1S/C7H14N2O2S2.2K/c1-3-4(2)5(6(10)11)8-9-7(12)13;;/h4-5,8H,3H2,1-2H3,(H,10,11)(H2,9,12,13);;/q;2*+1/p-2/t4-,5-;;/m0../s1. The first-order chi connectivity index (χ1) is 5.99. The zero-order valence-corrected chi connectivity index (χ0v) is 17.4. The van der Waals surface area contributed by atoms with E-state index in [2.05, 4.69) is 35.7 Å². The van der Waals surface area contributed by atoms with Gasteiger partial charge >= 0.3 is 103 Å². The van der Waals surface area contributed by atoms with Crippen molar-refractivity contribution in [1.29, 1.82) is 0 Å². The number of carbonyl (C=O) groups excluding carboxylic acids is 1. The molecule has 0 aromatic rings. The molecule has 0 aromatic carbocycles. The molecule has 0 bridgehead atoms. The average molecular weight is 299 g/mol. The Morgan fingerprint density at radius 2 is 2.00 bits per heavy atom. The first kappa shape index (κ1) is 22.9. The zero-order chi connectivity index (χ0) is 10.4. The minimum Gasteiger partial charge on any atom is -0.548 e. The third-order valence-electron chi connectivity index (χ3n) is 1.80. The summed E-state index contributed by atoms with van der Waals surface area (Å²) >= 11 is 9.10. The van der Waals surface area contributed by atoms with Crippen molar-refractivity contribution in [3.63, 3.8) is 0 Å². The smallest absolute Gasteiger partial charge is 0.548 e. The van der Waals surface area contributed by atoms with Crippen LogP contribution in [-0.4, -0.2) is 16.3 Å². The van der Waals surface area contributed by atoms with Crippen molar-refractivity contribution in [2.45, 2.75) is 26.3 Å². The summed E-state index contributed by atoms with van der Waals surface area (Å²) in [5.41, 5.74) is 4.93. The number of carboxylic acids is 1. The van der Waals surface area contributed by atoms with Crippen molar-refractivity contribution in [2.75, 3.05) is 0 Å². The van der Waals surface area contributed by atoms with Gasteiger partial charge in [-0.05, 0) is 10.2 Å². The summed E-state index contributed by atoms with van der Waals surface area (Å²) in [6.45, 7) is 3.70. The molecule has 0 unspecified atom stereocenters. The van der Waals surface area contributed by atoms with Gasteiger partial charge in [0.25, 0.3) is 0 Å². The minimum absolute atomic E-state index is 0. The number of hydrogen-bond donors (Lipinski definition) is 2. The van der Waals surface area contributed by atoms with E-state index < -0.39 is 12.0 Å². The van der Waals surface area contributed by atoms with Crippen LogP contribution in [0.5, 0.6) is 0 Å². The maximum absolute atomic E-state index is 10.6. The quantitative estimate of drug-likeness (QED) is 0.228. The fourth-order valence-electron chi connectivity index (χ4n) is 0.806. The van der Waals surface area contributed by atoms with Gasteiger partial charge in [0.05, 0.1) is 12.0 Å². The van der Waals surface area contributed by atoms with Crippen molar-refractivity contribution in [3.8, 4) is 0 Å². The van der Waals surface area contributed by atoms with Gasteiger partial charge in [-0.25, -0.2) is 5.43 Å². The topological polar surface area (TPSA) is 64.2 Å². The summed E-state index contributed by atoms with van der Waals surface area (Å²) in [6, 6.07) is -0.772. The Labute approximate surface area is 186 Å². The predicted molar refractivity (Wildman–Crippen MR) is 54.5 cm³/mol. The molecule has 0 rings (SSSR count). The van der Waals surface area contributed by atoms with Crippen LogP contribution in [0, 0.1) is 5.92 Å². The normalized spacial score (nSPS) is 12.7. The van der Waals surface area contributed by atoms with Gasteiger partial charge in [-0.2, -0.15) is 0 Å². The first-order valence-electron chi connectivity index (χ1n) is 3.92. The number of hydrazine groups is 1. The Balaban J connectivity index is -0.000000720. The van der Waals surface area contributed by atoms with E-state index >= 15 is 0 Å². The van der Waals surface area contributed by atoms with Crippen LogP contribution in [0.4, 0.5) is 0 Å². The molecule has 76 valence electrons. The fraction of sp³-hybridized carbons (Fsp3) is 0.714. The molecule has 15 heavy (non-hydrogen) atoms. The van der Waals surface area contributed by atoms with E-state index in [-0.39, 0.29) is 113 Å². The first-order valence-corrected chi connectivity index (χ1v) is 4.74. The second-order valence-corrected chi connectivity index (χ2v) is 3.81. The molecule has 0 saturated carbocycles. The molecule has 8 heteroatoms. The van der Waals surface area contributed by atoms with Gasteiger partial charge < -0.3 is 40.2 Å². The van der Waals surface area contributed by atoms with Crippen LogP contribution in [0.1, 0.15) is 20.3 Å². The van der Waals surface area contributed by atoms with Gasteiger partial charge in [-0.15, -0.1) is 0 Å². The van der Waals surface area contributed by atoms with E-state index in [0.29, 0.717) is 0 Å². The molecular weight excluding hydrogens is 286 g/mol. The molecule has 0 aliphatic rings. The summed E-state index contributed by atoms with van der Waals surface area (Å²) < 4.78 is 0.0922. The number of nitrogens with one attached hydrogen (secondary N) is 2. The monoisotopic (exact) mass is 298 g/mol. The van der Waals surface area contributed by atoms with Crippen LogP contribution in [0.25, 0.3) is 0 Å². The summed E-state index contributed by atoms with van der Waals surface area (Å²) in [5.74, 6) is -1.20. The third kappa shape index (κ3) is 11.6. The molecule has 4 nitrogen and oxygen atoms in total. The molecule has 0 aliphatic heterocycles. The molecule has 0 aliphatic carbocycles. The maximum Gasteiger partial charge on any atom is 1.00 e. The van der Waals surface area contributed by atoms with Crippen LogP contribution < -0.4 is 119 Å². The molecule has 0 radical (unpaired) electrons. The summed E-state index contributed by atoms with van der Waals surface area (Å²) in [7, 11) is 0. The Kier molecular flexibility index (Phi) is 20.3. The fourth-order valence-corrected chi connectivity index (χ4v) is 0.924. The van der Waals surface area contributed by atoms with E-state index in [1.807, 2.05) is 13.8 Å². The molecule has 0 fully saturated rings. The zero-order valence-electron chi connectivity index (χ0n) is 9.49. The summed E-state index contributed by atoms with van der Waals surface area (Å²) in [6.07, 6.45) is 0.734. The van der Waals surface area contributed by atoms with Crippen LogP contribution in [0.3, 0.4) is 0 Å². The Hall–Kier alpha value is 2.81. The molecule has 0 amide bonds. The van der Waals surface area contributed by atoms with Crippen molar-refractivity contribution < 1.29 is 113 Å². The number of hydrogen-bond acceptors (Lipinski definition) is 5. The SMILES string of the molecule is CC[C@H](C)[C@H](NNC(=S)[S-])C(=O)[O-].[K+].[K+]. The van der Waals surface area contributed by atoms with E-state index in [9.17, 15) is 9.90 Å². The number of aliphatic carboxylic acids is 1. The number of carbonyl (C=O) groups is 1. The van der Waals surface area contributed by atoms with Gasteiger partial charge in [-0.3, -0.25) is 0 Å².